The minimum atomic E-state index is -0.582. The number of hydrogen-bond donors (Lipinski definition) is 3. The van der Waals surface area contributed by atoms with Crippen LogP contribution in [-0.4, -0.2) is 44.7 Å². The van der Waals surface area contributed by atoms with Crippen molar-refractivity contribution in [1.29, 1.82) is 0 Å². The number of imidazole rings is 1. The van der Waals surface area contributed by atoms with Crippen LogP contribution in [0.3, 0.4) is 0 Å². The molecule has 0 unspecified atom stereocenters. The first-order valence-electron chi connectivity index (χ1n) is 12.7. The average Bonchev–Trinajstić information content (AvgIpc) is 3.36. The summed E-state index contributed by atoms with van der Waals surface area (Å²) in [6, 6.07) is 16.3. The number of anilines is 2. The smallest absolute Gasteiger partial charge is 0.204 e. The van der Waals surface area contributed by atoms with Gasteiger partial charge in [-0.2, -0.15) is 0 Å². The molecule has 0 bridgehead atoms. The van der Waals surface area contributed by atoms with Crippen LogP contribution < -0.4 is 10.6 Å². The molecule has 1 atom stereocenters. The third-order valence-corrected chi connectivity index (χ3v) is 6.48. The average molecular weight is 502 g/mol. The molecule has 37 heavy (non-hydrogen) atoms. The molecule has 8 nitrogen and oxygen atoms in total. The zero-order valence-electron chi connectivity index (χ0n) is 22.1. The molecular weight excluding hydrogens is 466 g/mol. The maximum atomic E-state index is 10.5. The van der Waals surface area contributed by atoms with Gasteiger partial charge in [-0.25, -0.2) is 4.98 Å². The van der Waals surface area contributed by atoms with Gasteiger partial charge in [0, 0.05) is 24.5 Å². The minimum Gasteiger partial charge on any atom is -0.506 e. The second kappa shape index (κ2) is 10.0. The lowest BCUT2D eigenvalue weighted by Crippen LogP contribution is -2.26. The van der Waals surface area contributed by atoms with Crippen LogP contribution >= 0.6 is 0 Å². The van der Waals surface area contributed by atoms with Gasteiger partial charge in [-0.15, -0.1) is 0 Å². The van der Waals surface area contributed by atoms with Crippen LogP contribution in [0.1, 0.15) is 41.9 Å². The van der Waals surface area contributed by atoms with E-state index >= 15 is 0 Å². The van der Waals surface area contributed by atoms with Gasteiger partial charge in [0.05, 0.1) is 24.2 Å². The normalized spacial score (nSPS) is 16.8. The number of fused-ring (bicyclic) bond motifs is 1. The first kappa shape index (κ1) is 25.0. The van der Waals surface area contributed by atoms with E-state index in [1.54, 1.807) is 12.1 Å². The van der Waals surface area contributed by atoms with Crippen molar-refractivity contribution in [2.75, 3.05) is 23.8 Å². The standard InChI is InChI=1S/C29H35N5O3/c1-18-10-19(2)12-22(11-18)30-14-21-7-8-24-26(13-21)34(16-25-27(35)9-6-20(3)32-25)28(33-24)31-15-23-17-36-29(4,5)37-23/h6-13,23,30,35H,14-17H2,1-5H3,(H,31,33)/t23-/m0/s1. The summed E-state index contributed by atoms with van der Waals surface area (Å²) in [5, 5.41) is 17.5. The van der Waals surface area contributed by atoms with E-state index < -0.39 is 5.79 Å². The Kier molecular flexibility index (Phi) is 6.79. The van der Waals surface area contributed by atoms with Crippen molar-refractivity contribution >= 4 is 22.7 Å². The van der Waals surface area contributed by atoms with Crippen LogP contribution in [-0.2, 0) is 22.6 Å². The molecule has 0 amide bonds. The monoisotopic (exact) mass is 501 g/mol. The Morgan fingerprint density at radius 1 is 1.00 bits per heavy atom. The largest absolute Gasteiger partial charge is 0.506 e. The summed E-state index contributed by atoms with van der Waals surface area (Å²) in [7, 11) is 0. The molecule has 2 aromatic heterocycles. The van der Waals surface area contributed by atoms with Gasteiger partial charge < -0.3 is 29.8 Å². The maximum Gasteiger partial charge on any atom is 0.204 e. The number of pyridine rings is 1. The third-order valence-electron chi connectivity index (χ3n) is 6.48. The van der Waals surface area contributed by atoms with Gasteiger partial charge in [0.15, 0.2) is 5.79 Å². The van der Waals surface area contributed by atoms with Gasteiger partial charge in [-0.05, 0) is 87.7 Å². The molecule has 0 radical (unpaired) electrons. The predicted octanol–water partition coefficient (Wildman–Crippen LogP) is 5.29. The number of aryl methyl sites for hydroxylation is 3. The van der Waals surface area contributed by atoms with E-state index in [0.717, 1.165) is 28.0 Å². The molecule has 8 heteroatoms. The summed E-state index contributed by atoms with van der Waals surface area (Å²) in [6.07, 6.45) is -0.0775. The molecule has 0 spiro atoms. The minimum absolute atomic E-state index is 0.0775. The SMILES string of the molecule is Cc1cc(C)cc(NCc2ccc3nc(NC[C@H]4COC(C)(C)O4)n(Cc4nc(C)ccc4O)c3c2)c1. The Balaban J connectivity index is 1.44. The van der Waals surface area contributed by atoms with Crippen LogP contribution in [0.4, 0.5) is 11.6 Å². The molecular formula is C29H35N5O3. The molecule has 0 aliphatic carbocycles. The van der Waals surface area contributed by atoms with Crippen molar-refractivity contribution < 1.29 is 14.6 Å². The van der Waals surface area contributed by atoms with Gasteiger partial charge >= 0.3 is 0 Å². The van der Waals surface area contributed by atoms with E-state index in [-0.39, 0.29) is 11.9 Å². The number of nitrogens with zero attached hydrogens (tertiary/aromatic N) is 3. The summed E-state index contributed by atoms with van der Waals surface area (Å²) in [6.45, 7) is 12.1. The Bertz CT molecular complexity index is 1410. The van der Waals surface area contributed by atoms with Gasteiger partial charge in [0.1, 0.15) is 17.5 Å². The van der Waals surface area contributed by atoms with E-state index in [1.807, 2.05) is 26.8 Å². The molecule has 4 aromatic rings. The lowest BCUT2D eigenvalue weighted by Gasteiger charge is -2.18. The summed E-state index contributed by atoms with van der Waals surface area (Å²) < 4.78 is 13.7. The highest BCUT2D eigenvalue weighted by molar-refractivity contribution is 5.80. The zero-order valence-corrected chi connectivity index (χ0v) is 22.1. The van der Waals surface area contributed by atoms with Crippen molar-refractivity contribution in [2.24, 2.45) is 0 Å². The van der Waals surface area contributed by atoms with Crippen LogP contribution in [0.25, 0.3) is 11.0 Å². The Morgan fingerprint density at radius 3 is 2.51 bits per heavy atom. The van der Waals surface area contributed by atoms with E-state index in [2.05, 4.69) is 64.4 Å². The fraction of sp³-hybridized carbons (Fsp3) is 0.379. The van der Waals surface area contributed by atoms with Crippen LogP contribution in [0, 0.1) is 20.8 Å². The molecule has 1 saturated heterocycles. The number of aromatic hydroxyl groups is 1. The van der Waals surface area contributed by atoms with Crippen LogP contribution in [0.15, 0.2) is 48.5 Å². The molecule has 1 aliphatic heterocycles. The fourth-order valence-electron chi connectivity index (χ4n) is 4.79. The predicted molar refractivity (Wildman–Crippen MR) is 146 cm³/mol. The topological polar surface area (TPSA) is 93.5 Å². The first-order chi connectivity index (χ1) is 17.6. The highest BCUT2D eigenvalue weighted by Gasteiger charge is 2.32. The third kappa shape index (κ3) is 5.87. The lowest BCUT2D eigenvalue weighted by molar-refractivity contribution is -0.136. The molecule has 194 valence electrons. The highest BCUT2D eigenvalue weighted by Crippen LogP contribution is 2.27. The van der Waals surface area contributed by atoms with E-state index in [1.165, 1.54) is 11.1 Å². The van der Waals surface area contributed by atoms with Crippen molar-refractivity contribution in [1.82, 2.24) is 14.5 Å². The number of benzene rings is 2. The Labute approximate surface area is 217 Å². The van der Waals surface area contributed by atoms with Crippen LogP contribution in [0.5, 0.6) is 5.75 Å². The van der Waals surface area contributed by atoms with E-state index in [4.69, 9.17) is 14.5 Å². The number of ether oxygens (including phenoxy) is 2. The number of hydrogen-bond acceptors (Lipinski definition) is 7. The van der Waals surface area contributed by atoms with Gasteiger partial charge in [-0.1, -0.05) is 12.1 Å². The number of nitrogens with one attached hydrogen (secondary N) is 2. The molecule has 1 aliphatic rings. The van der Waals surface area contributed by atoms with Gasteiger partial charge in [0.25, 0.3) is 0 Å². The molecule has 5 rings (SSSR count). The fourth-order valence-corrected chi connectivity index (χ4v) is 4.79. The summed E-state index contributed by atoms with van der Waals surface area (Å²) in [5.74, 6) is 0.285. The molecule has 3 N–H and O–H groups in total. The highest BCUT2D eigenvalue weighted by atomic mass is 16.7. The molecule has 3 heterocycles. The van der Waals surface area contributed by atoms with Crippen molar-refractivity contribution in [3.63, 3.8) is 0 Å². The number of aromatic nitrogens is 3. The van der Waals surface area contributed by atoms with E-state index in [0.29, 0.717) is 37.9 Å². The second-order valence-electron chi connectivity index (χ2n) is 10.3. The van der Waals surface area contributed by atoms with Crippen molar-refractivity contribution in [3.8, 4) is 5.75 Å². The second-order valence-corrected chi connectivity index (χ2v) is 10.3. The first-order valence-corrected chi connectivity index (χ1v) is 12.7. The summed E-state index contributed by atoms with van der Waals surface area (Å²) in [5.41, 5.74) is 7.99. The summed E-state index contributed by atoms with van der Waals surface area (Å²) in [4.78, 5) is 9.45. The van der Waals surface area contributed by atoms with Gasteiger partial charge in [0.2, 0.25) is 5.95 Å². The molecule has 1 fully saturated rings. The quantitative estimate of drug-likeness (QED) is 0.302. The van der Waals surface area contributed by atoms with Crippen molar-refractivity contribution in [3.05, 3.63) is 76.6 Å². The maximum absolute atomic E-state index is 10.5. The zero-order chi connectivity index (χ0) is 26.2. The lowest BCUT2D eigenvalue weighted by atomic mass is 10.1. The van der Waals surface area contributed by atoms with Crippen molar-refractivity contribution in [2.45, 2.75) is 59.6 Å². The Morgan fingerprint density at radius 2 is 1.78 bits per heavy atom. The molecule has 2 aromatic carbocycles. The van der Waals surface area contributed by atoms with Gasteiger partial charge in [-0.3, -0.25) is 4.98 Å². The number of rotatable bonds is 8. The van der Waals surface area contributed by atoms with E-state index in [9.17, 15) is 5.11 Å². The Hall–Kier alpha value is -3.62. The van der Waals surface area contributed by atoms with Crippen LogP contribution in [0.2, 0.25) is 0 Å². The summed E-state index contributed by atoms with van der Waals surface area (Å²) >= 11 is 0. The molecule has 0 saturated carbocycles.